The number of amides is 1. The quantitative estimate of drug-likeness (QED) is 0.641. The lowest BCUT2D eigenvalue weighted by molar-refractivity contribution is -0.123. The fourth-order valence-electron chi connectivity index (χ4n) is 2.50. The van der Waals surface area contributed by atoms with Gasteiger partial charge >= 0.3 is 6.18 Å². The Balaban J connectivity index is 2.21. The van der Waals surface area contributed by atoms with E-state index < -0.39 is 28.7 Å². The SMILES string of the molecule is CN(C)CCN(Cc1cccnc1)S(=O)(=O)c1ccc(C(=O)NCC(F)(F)F)cc1. The van der Waals surface area contributed by atoms with Crippen molar-refractivity contribution in [3.8, 4) is 0 Å². The Bertz CT molecular complexity index is 934. The zero-order valence-corrected chi connectivity index (χ0v) is 17.4. The van der Waals surface area contributed by atoms with Crippen molar-refractivity contribution in [2.45, 2.75) is 17.6 Å². The molecule has 2 rings (SSSR count). The van der Waals surface area contributed by atoms with E-state index in [4.69, 9.17) is 0 Å². The van der Waals surface area contributed by atoms with Gasteiger partial charge in [0.05, 0.1) is 4.90 Å². The van der Waals surface area contributed by atoms with Gasteiger partial charge in [-0.15, -0.1) is 0 Å². The minimum Gasteiger partial charge on any atom is -0.343 e. The number of carbonyl (C=O) groups excluding carboxylic acids is 1. The highest BCUT2D eigenvalue weighted by Gasteiger charge is 2.28. The molecule has 0 saturated heterocycles. The zero-order valence-electron chi connectivity index (χ0n) is 16.6. The van der Waals surface area contributed by atoms with Crippen LogP contribution in [0.3, 0.4) is 0 Å². The maximum Gasteiger partial charge on any atom is 0.405 e. The Morgan fingerprint density at radius 1 is 1.10 bits per heavy atom. The molecular formula is C19H23F3N4O3S. The van der Waals surface area contributed by atoms with E-state index in [0.717, 1.165) is 0 Å². The van der Waals surface area contributed by atoms with Crippen LogP contribution >= 0.6 is 0 Å². The van der Waals surface area contributed by atoms with Crippen LogP contribution in [0.25, 0.3) is 0 Å². The Kier molecular flexibility index (Phi) is 7.93. The average Bonchev–Trinajstić information content (AvgIpc) is 2.69. The largest absolute Gasteiger partial charge is 0.405 e. The molecule has 0 saturated carbocycles. The number of carbonyl (C=O) groups is 1. The second kappa shape index (κ2) is 10.0. The topological polar surface area (TPSA) is 82.6 Å². The number of nitrogens with one attached hydrogen (secondary N) is 1. The summed E-state index contributed by atoms with van der Waals surface area (Å²) in [4.78, 5) is 17.6. The first-order valence-electron chi connectivity index (χ1n) is 8.98. The van der Waals surface area contributed by atoms with Gasteiger partial charge in [-0.1, -0.05) is 6.07 Å². The molecule has 1 aromatic carbocycles. The summed E-state index contributed by atoms with van der Waals surface area (Å²) in [7, 11) is -0.260. The van der Waals surface area contributed by atoms with Crippen molar-refractivity contribution < 1.29 is 26.4 Å². The van der Waals surface area contributed by atoms with E-state index in [1.54, 1.807) is 29.8 Å². The maximum atomic E-state index is 13.1. The predicted octanol–water partition coefficient (Wildman–Crippen LogP) is 2.13. The first-order chi connectivity index (χ1) is 14.0. The standard InChI is InChI=1S/C19H23F3N4O3S/c1-25(2)10-11-26(13-15-4-3-9-23-12-15)30(28,29)17-7-5-16(6-8-17)18(27)24-14-19(20,21)22/h3-9,12H,10-11,13-14H2,1-2H3,(H,24,27). The molecule has 0 aliphatic heterocycles. The lowest BCUT2D eigenvalue weighted by Gasteiger charge is -2.24. The molecule has 1 N–H and O–H groups in total. The first kappa shape index (κ1) is 23.8. The van der Waals surface area contributed by atoms with Gasteiger partial charge in [-0.3, -0.25) is 9.78 Å². The molecular weight excluding hydrogens is 421 g/mol. The van der Waals surface area contributed by atoms with Gasteiger partial charge in [0.15, 0.2) is 0 Å². The highest BCUT2D eigenvalue weighted by molar-refractivity contribution is 7.89. The molecule has 1 amide bonds. The van der Waals surface area contributed by atoms with Crippen LogP contribution in [0.4, 0.5) is 13.2 Å². The van der Waals surface area contributed by atoms with Gasteiger partial charge in [0.1, 0.15) is 6.54 Å². The summed E-state index contributed by atoms with van der Waals surface area (Å²) < 4.78 is 64.3. The Hall–Kier alpha value is -2.50. The molecule has 0 unspecified atom stereocenters. The van der Waals surface area contributed by atoms with Gasteiger partial charge in [-0.05, 0) is 50.0 Å². The van der Waals surface area contributed by atoms with E-state index in [1.165, 1.54) is 28.6 Å². The lowest BCUT2D eigenvalue weighted by Crippen LogP contribution is -2.36. The summed E-state index contributed by atoms with van der Waals surface area (Å²) >= 11 is 0. The van der Waals surface area contributed by atoms with E-state index in [2.05, 4.69) is 4.98 Å². The van der Waals surface area contributed by atoms with Gasteiger partial charge < -0.3 is 10.2 Å². The number of benzene rings is 1. The number of hydrogen-bond donors (Lipinski definition) is 1. The third-order valence-corrected chi connectivity index (χ3v) is 5.94. The Labute approximate surface area is 173 Å². The van der Waals surface area contributed by atoms with Gasteiger partial charge in [0.25, 0.3) is 5.91 Å². The van der Waals surface area contributed by atoms with Gasteiger partial charge in [-0.25, -0.2) is 8.42 Å². The molecule has 0 bridgehead atoms. The minimum atomic E-state index is -4.53. The third-order valence-electron chi connectivity index (χ3n) is 4.08. The average molecular weight is 444 g/mol. The maximum absolute atomic E-state index is 13.1. The summed E-state index contributed by atoms with van der Waals surface area (Å²) in [6.45, 7) is -0.650. The van der Waals surface area contributed by atoms with Crippen molar-refractivity contribution in [1.29, 1.82) is 0 Å². The van der Waals surface area contributed by atoms with E-state index in [-0.39, 0.29) is 23.5 Å². The highest BCUT2D eigenvalue weighted by atomic mass is 32.2. The van der Waals surface area contributed by atoms with Gasteiger partial charge in [0, 0.05) is 37.6 Å². The number of aromatic nitrogens is 1. The van der Waals surface area contributed by atoms with Crippen LogP contribution in [0.2, 0.25) is 0 Å². The fraction of sp³-hybridized carbons (Fsp3) is 0.368. The minimum absolute atomic E-state index is 0.0579. The van der Waals surface area contributed by atoms with Crippen molar-refractivity contribution in [2.75, 3.05) is 33.7 Å². The van der Waals surface area contributed by atoms with E-state index in [0.29, 0.717) is 12.1 Å². The number of hydrogen-bond acceptors (Lipinski definition) is 5. The highest BCUT2D eigenvalue weighted by Crippen LogP contribution is 2.19. The predicted molar refractivity (Wildman–Crippen MR) is 105 cm³/mol. The van der Waals surface area contributed by atoms with Crippen molar-refractivity contribution >= 4 is 15.9 Å². The molecule has 0 spiro atoms. The van der Waals surface area contributed by atoms with Crippen LogP contribution in [0.5, 0.6) is 0 Å². The molecule has 11 heteroatoms. The molecule has 0 aliphatic carbocycles. The van der Waals surface area contributed by atoms with E-state index in [9.17, 15) is 26.4 Å². The number of alkyl halides is 3. The summed E-state index contributed by atoms with van der Waals surface area (Å²) in [6.07, 6.45) is -1.37. The third kappa shape index (κ3) is 7.08. The van der Waals surface area contributed by atoms with Crippen LogP contribution in [0.1, 0.15) is 15.9 Å². The first-order valence-corrected chi connectivity index (χ1v) is 10.4. The van der Waals surface area contributed by atoms with Crippen molar-refractivity contribution in [1.82, 2.24) is 19.5 Å². The Morgan fingerprint density at radius 2 is 1.77 bits per heavy atom. The normalized spacial score (nSPS) is 12.4. The van der Waals surface area contributed by atoms with Crippen molar-refractivity contribution in [2.24, 2.45) is 0 Å². The molecule has 7 nitrogen and oxygen atoms in total. The van der Waals surface area contributed by atoms with Crippen molar-refractivity contribution in [3.05, 3.63) is 59.9 Å². The van der Waals surface area contributed by atoms with Crippen LogP contribution in [-0.4, -0.2) is 68.4 Å². The molecule has 0 aliphatic rings. The zero-order chi connectivity index (χ0) is 22.4. The van der Waals surface area contributed by atoms with Gasteiger partial charge in [0.2, 0.25) is 10.0 Å². The Morgan fingerprint density at radius 3 is 2.30 bits per heavy atom. The number of pyridine rings is 1. The number of nitrogens with zero attached hydrogens (tertiary/aromatic N) is 3. The molecule has 0 atom stereocenters. The van der Waals surface area contributed by atoms with E-state index >= 15 is 0 Å². The molecule has 0 radical (unpaired) electrons. The summed E-state index contributed by atoms with van der Waals surface area (Å²) in [5.74, 6) is -0.934. The number of likely N-dealkylation sites (N-methyl/N-ethyl adjacent to an activating group) is 1. The van der Waals surface area contributed by atoms with Crippen LogP contribution in [0, 0.1) is 0 Å². The molecule has 164 valence electrons. The van der Waals surface area contributed by atoms with Crippen LogP contribution < -0.4 is 5.32 Å². The van der Waals surface area contributed by atoms with E-state index in [1.807, 2.05) is 19.0 Å². The summed E-state index contributed by atoms with van der Waals surface area (Å²) in [5.41, 5.74) is 0.647. The van der Waals surface area contributed by atoms with Crippen LogP contribution in [-0.2, 0) is 16.6 Å². The number of sulfonamides is 1. The summed E-state index contributed by atoms with van der Waals surface area (Å²) in [5, 5.41) is 1.75. The molecule has 1 aromatic heterocycles. The molecule has 1 heterocycles. The summed E-state index contributed by atoms with van der Waals surface area (Å²) in [6, 6.07) is 8.27. The molecule has 0 fully saturated rings. The lowest BCUT2D eigenvalue weighted by atomic mass is 10.2. The second-order valence-electron chi connectivity index (χ2n) is 6.83. The molecule has 30 heavy (non-hydrogen) atoms. The van der Waals surface area contributed by atoms with Crippen LogP contribution in [0.15, 0.2) is 53.7 Å². The fourth-order valence-corrected chi connectivity index (χ4v) is 3.92. The second-order valence-corrected chi connectivity index (χ2v) is 8.76. The van der Waals surface area contributed by atoms with Gasteiger partial charge in [-0.2, -0.15) is 17.5 Å². The molecule has 2 aromatic rings. The van der Waals surface area contributed by atoms with Crippen molar-refractivity contribution in [3.63, 3.8) is 0 Å². The monoisotopic (exact) mass is 444 g/mol. The smallest absolute Gasteiger partial charge is 0.343 e. The number of halogens is 3. The number of rotatable bonds is 9.